The first kappa shape index (κ1) is 12.4. The molecular formula is C11H8Br2O4. The first-order valence-electron chi connectivity index (χ1n) is 4.68. The second-order valence-electron chi connectivity index (χ2n) is 3.41. The van der Waals surface area contributed by atoms with Crippen molar-refractivity contribution in [1.29, 1.82) is 0 Å². The topological polar surface area (TPSA) is 59.7 Å². The monoisotopic (exact) mass is 362 g/mol. The van der Waals surface area contributed by atoms with Gasteiger partial charge in [-0.2, -0.15) is 0 Å². The van der Waals surface area contributed by atoms with E-state index in [0.29, 0.717) is 21.4 Å². The smallest absolute Gasteiger partial charge is 0.307 e. The number of halogens is 2. The van der Waals surface area contributed by atoms with Crippen molar-refractivity contribution in [3.63, 3.8) is 0 Å². The summed E-state index contributed by atoms with van der Waals surface area (Å²) >= 11 is 6.76. The van der Waals surface area contributed by atoms with Crippen LogP contribution < -0.4 is 4.74 Å². The predicted molar refractivity (Wildman–Crippen MR) is 69.5 cm³/mol. The number of hydrogen-bond acceptors (Lipinski definition) is 3. The van der Waals surface area contributed by atoms with Crippen molar-refractivity contribution in [3.05, 3.63) is 26.8 Å². The van der Waals surface area contributed by atoms with Crippen LogP contribution in [0.4, 0.5) is 0 Å². The third kappa shape index (κ3) is 2.19. The zero-order valence-electron chi connectivity index (χ0n) is 8.79. The van der Waals surface area contributed by atoms with Crippen LogP contribution in [0.5, 0.6) is 5.75 Å². The van der Waals surface area contributed by atoms with Gasteiger partial charge in [-0.3, -0.25) is 4.79 Å². The van der Waals surface area contributed by atoms with Crippen LogP contribution >= 0.6 is 31.9 Å². The SMILES string of the molecule is COc1cc(Br)c2occ(CC(=O)O)c2c1Br. The van der Waals surface area contributed by atoms with Crippen LogP contribution in [0.1, 0.15) is 5.56 Å². The summed E-state index contributed by atoms with van der Waals surface area (Å²) in [5.74, 6) is -0.282. The van der Waals surface area contributed by atoms with Crippen molar-refractivity contribution >= 4 is 48.8 Å². The van der Waals surface area contributed by atoms with Gasteiger partial charge in [0.05, 0.1) is 28.7 Å². The number of furan rings is 1. The summed E-state index contributed by atoms with van der Waals surface area (Å²) in [6, 6.07) is 1.76. The molecule has 2 rings (SSSR count). The van der Waals surface area contributed by atoms with Gasteiger partial charge < -0.3 is 14.3 Å². The van der Waals surface area contributed by atoms with Gasteiger partial charge >= 0.3 is 5.97 Å². The average Bonchev–Trinajstić information content (AvgIpc) is 2.67. The average molecular weight is 364 g/mol. The molecule has 0 saturated heterocycles. The van der Waals surface area contributed by atoms with Crippen LogP contribution in [-0.4, -0.2) is 18.2 Å². The molecule has 1 N–H and O–H groups in total. The zero-order chi connectivity index (χ0) is 12.6. The Morgan fingerprint density at radius 2 is 2.24 bits per heavy atom. The van der Waals surface area contributed by atoms with Crippen molar-refractivity contribution in [3.8, 4) is 5.75 Å². The van der Waals surface area contributed by atoms with Crippen LogP contribution in [0.15, 0.2) is 25.7 Å². The molecule has 0 fully saturated rings. The number of ether oxygens (including phenoxy) is 1. The number of benzene rings is 1. The molecule has 0 aliphatic rings. The van der Waals surface area contributed by atoms with Crippen molar-refractivity contribution in [2.45, 2.75) is 6.42 Å². The summed E-state index contributed by atoms with van der Waals surface area (Å²) < 4.78 is 12.0. The lowest BCUT2D eigenvalue weighted by atomic mass is 10.1. The van der Waals surface area contributed by atoms with E-state index >= 15 is 0 Å². The van der Waals surface area contributed by atoms with Crippen LogP contribution in [-0.2, 0) is 11.2 Å². The number of fused-ring (bicyclic) bond motifs is 1. The highest BCUT2D eigenvalue weighted by atomic mass is 79.9. The highest BCUT2D eigenvalue weighted by Gasteiger charge is 2.18. The second-order valence-corrected chi connectivity index (χ2v) is 5.06. The Morgan fingerprint density at radius 1 is 1.53 bits per heavy atom. The summed E-state index contributed by atoms with van der Waals surface area (Å²) in [7, 11) is 1.55. The molecule has 4 nitrogen and oxygen atoms in total. The number of hydrogen-bond donors (Lipinski definition) is 1. The fraction of sp³-hybridized carbons (Fsp3) is 0.182. The van der Waals surface area contributed by atoms with E-state index in [1.807, 2.05) is 0 Å². The van der Waals surface area contributed by atoms with Gasteiger partial charge in [0.1, 0.15) is 11.3 Å². The van der Waals surface area contributed by atoms with E-state index in [0.717, 1.165) is 9.86 Å². The Bertz CT molecular complexity index is 589. The highest BCUT2D eigenvalue weighted by Crippen LogP contribution is 2.40. The second kappa shape index (κ2) is 4.70. The van der Waals surface area contributed by atoms with Gasteiger partial charge in [-0.15, -0.1) is 0 Å². The van der Waals surface area contributed by atoms with Crippen molar-refractivity contribution < 1.29 is 19.1 Å². The maximum atomic E-state index is 10.8. The molecule has 0 aliphatic carbocycles. The van der Waals surface area contributed by atoms with Gasteiger partial charge in [0.2, 0.25) is 0 Å². The largest absolute Gasteiger partial charge is 0.496 e. The zero-order valence-corrected chi connectivity index (χ0v) is 12.0. The molecule has 0 spiro atoms. The number of carbonyl (C=O) groups is 1. The standard InChI is InChI=1S/C11H8Br2O4/c1-16-7-3-6(12)11-9(10(7)13)5(4-17-11)2-8(14)15/h3-4H,2H2,1H3,(H,14,15). The maximum absolute atomic E-state index is 10.8. The molecule has 0 saturated carbocycles. The predicted octanol–water partition coefficient (Wildman–Crippen LogP) is 3.59. The van der Waals surface area contributed by atoms with E-state index < -0.39 is 5.97 Å². The van der Waals surface area contributed by atoms with Gasteiger partial charge in [0.25, 0.3) is 0 Å². The number of aliphatic carboxylic acids is 1. The third-order valence-corrected chi connectivity index (χ3v) is 3.72. The Morgan fingerprint density at radius 3 is 2.82 bits per heavy atom. The molecule has 0 atom stereocenters. The minimum absolute atomic E-state index is 0.0921. The van der Waals surface area contributed by atoms with Crippen LogP contribution in [0.25, 0.3) is 11.0 Å². The van der Waals surface area contributed by atoms with Crippen molar-refractivity contribution in [2.24, 2.45) is 0 Å². The normalized spacial score (nSPS) is 10.8. The summed E-state index contributed by atoms with van der Waals surface area (Å²) in [4.78, 5) is 10.8. The molecule has 90 valence electrons. The quantitative estimate of drug-likeness (QED) is 0.905. The Labute approximate surface area is 114 Å². The van der Waals surface area contributed by atoms with Gasteiger partial charge in [0, 0.05) is 10.9 Å². The third-order valence-electron chi connectivity index (χ3n) is 2.34. The van der Waals surface area contributed by atoms with Crippen molar-refractivity contribution in [1.82, 2.24) is 0 Å². The summed E-state index contributed by atoms with van der Waals surface area (Å²) in [6.07, 6.45) is 1.36. The van der Waals surface area contributed by atoms with Crippen LogP contribution in [0.3, 0.4) is 0 Å². The van der Waals surface area contributed by atoms with E-state index in [1.165, 1.54) is 6.26 Å². The highest BCUT2D eigenvalue weighted by molar-refractivity contribution is 9.11. The number of carboxylic acid groups (broad SMARTS) is 1. The number of rotatable bonds is 3. The minimum atomic E-state index is -0.904. The molecule has 0 bridgehead atoms. The van der Waals surface area contributed by atoms with Gasteiger partial charge in [-0.25, -0.2) is 0 Å². The van der Waals surface area contributed by atoms with Gasteiger partial charge in [-0.1, -0.05) is 0 Å². The number of carboxylic acids is 1. The lowest BCUT2D eigenvalue weighted by Gasteiger charge is -2.06. The summed E-state index contributed by atoms with van der Waals surface area (Å²) in [5, 5.41) is 9.55. The first-order chi connectivity index (χ1) is 8.04. The molecular weight excluding hydrogens is 356 g/mol. The molecule has 1 aromatic carbocycles. The molecule has 17 heavy (non-hydrogen) atoms. The fourth-order valence-corrected chi connectivity index (χ4v) is 2.83. The van der Waals surface area contributed by atoms with E-state index in [4.69, 9.17) is 14.3 Å². The lowest BCUT2D eigenvalue weighted by molar-refractivity contribution is -0.136. The van der Waals surface area contributed by atoms with Crippen LogP contribution in [0.2, 0.25) is 0 Å². The van der Waals surface area contributed by atoms with Gasteiger partial charge in [0.15, 0.2) is 0 Å². The summed E-state index contributed by atoms with van der Waals surface area (Å²) in [5.41, 5.74) is 1.22. The molecule has 1 heterocycles. The minimum Gasteiger partial charge on any atom is -0.496 e. The summed E-state index contributed by atoms with van der Waals surface area (Å²) in [6.45, 7) is 0. The molecule has 0 aliphatic heterocycles. The molecule has 2 aromatic rings. The van der Waals surface area contributed by atoms with Crippen molar-refractivity contribution in [2.75, 3.05) is 7.11 Å². The molecule has 0 amide bonds. The molecule has 6 heteroatoms. The first-order valence-corrected chi connectivity index (χ1v) is 6.27. The van der Waals surface area contributed by atoms with E-state index in [9.17, 15) is 4.79 Å². The lowest BCUT2D eigenvalue weighted by Crippen LogP contribution is -1.99. The van der Waals surface area contributed by atoms with E-state index in [-0.39, 0.29) is 6.42 Å². The molecule has 0 unspecified atom stereocenters. The Kier molecular flexibility index (Phi) is 3.44. The van der Waals surface area contributed by atoms with E-state index in [2.05, 4.69) is 31.9 Å². The van der Waals surface area contributed by atoms with Crippen LogP contribution in [0, 0.1) is 0 Å². The Hall–Kier alpha value is -1.01. The molecule has 0 radical (unpaired) electrons. The maximum Gasteiger partial charge on any atom is 0.307 e. The molecule has 1 aromatic heterocycles. The number of methoxy groups -OCH3 is 1. The fourth-order valence-electron chi connectivity index (χ4n) is 1.62. The Balaban J connectivity index is 2.72. The van der Waals surface area contributed by atoms with Gasteiger partial charge in [-0.05, 0) is 37.9 Å². The van der Waals surface area contributed by atoms with E-state index in [1.54, 1.807) is 13.2 Å².